The van der Waals surface area contributed by atoms with Gasteiger partial charge >= 0.3 is 5.97 Å². The van der Waals surface area contributed by atoms with Crippen molar-refractivity contribution >= 4 is 17.5 Å². The van der Waals surface area contributed by atoms with E-state index in [1.165, 1.54) is 0 Å². The van der Waals surface area contributed by atoms with Crippen LogP contribution < -0.4 is 4.74 Å². The lowest BCUT2D eigenvalue weighted by molar-refractivity contribution is -0.144. The Kier molecular flexibility index (Phi) is 7.40. The second-order valence-electron chi connectivity index (χ2n) is 8.85. The quantitative estimate of drug-likeness (QED) is 0.346. The summed E-state index contributed by atoms with van der Waals surface area (Å²) in [6.07, 6.45) is 14.1. The first kappa shape index (κ1) is 24.3. The Balaban J connectivity index is 1.51. The van der Waals surface area contributed by atoms with Crippen LogP contribution in [-0.4, -0.2) is 44.1 Å². The van der Waals surface area contributed by atoms with E-state index in [1.807, 2.05) is 36.4 Å². The van der Waals surface area contributed by atoms with Crippen molar-refractivity contribution in [2.45, 2.75) is 39.0 Å². The SMILES string of the molecule is CCC/C=C/CC(=O)OCC1(C2=CCN3C(c4ccc(C#N)c(OC)c4)=CC=C(OC)C3=N2)CC1. The summed E-state index contributed by atoms with van der Waals surface area (Å²) in [6.45, 7) is 3.06. The minimum absolute atomic E-state index is 0.204. The second-order valence-corrected chi connectivity index (χ2v) is 8.85. The molecule has 0 saturated heterocycles. The number of rotatable bonds is 10. The van der Waals surface area contributed by atoms with Crippen LogP contribution in [0.4, 0.5) is 0 Å². The second kappa shape index (κ2) is 10.6. The molecule has 2 heterocycles. The Morgan fingerprint density at radius 1 is 1.23 bits per heavy atom. The molecule has 3 aliphatic rings. The molecule has 1 aromatic rings. The summed E-state index contributed by atoms with van der Waals surface area (Å²) in [4.78, 5) is 19.3. The molecule has 0 bridgehead atoms. The summed E-state index contributed by atoms with van der Waals surface area (Å²) in [6, 6.07) is 7.69. The van der Waals surface area contributed by atoms with Gasteiger partial charge in [-0.2, -0.15) is 5.26 Å². The van der Waals surface area contributed by atoms with Gasteiger partial charge in [0.2, 0.25) is 0 Å². The molecule has 7 heteroatoms. The van der Waals surface area contributed by atoms with Gasteiger partial charge in [-0.05, 0) is 49.6 Å². The maximum atomic E-state index is 12.2. The summed E-state index contributed by atoms with van der Waals surface area (Å²) in [5.41, 5.74) is 3.07. The first-order valence-electron chi connectivity index (χ1n) is 12.0. The number of unbranched alkanes of at least 4 members (excludes halogenated alkanes) is 1. The van der Waals surface area contributed by atoms with Crippen molar-refractivity contribution in [1.29, 1.82) is 5.26 Å². The van der Waals surface area contributed by atoms with Crippen LogP contribution in [0.2, 0.25) is 0 Å². The average Bonchev–Trinajstić information content (AvgIpc) is 3.69. The fourth-order valence-electron chi connectivity index (χ4n) is 4.26. The summed E-state index contributed by atoms with van der Waals surface area (Å²) >= 11 is 0. The first-order chi connectivity index (χ1) is 17.0. The Bertz CT molecular complexity index is 1180. The lowest BCUT2D eigenvalue weighted by Gasteiger charge is -2.35. The fraction of sp³-hybridized carbons (Fsp3) is 0.393. The van der Waals surface area contributed by atoms with Crippen molar-refractivity contribution in [3.05, 3.63) is 71.2 Å². The van der Waals surface area contributed by atoms with Crippen LogP contribution in [-0.2, 0) is 14.3 Å². The van der Waals surface area contributed by atoms with E-state index in [0.29, 0.717) is 36.6 Å². The van der Waals surface area contributed by atoms with Gasteiger partial charge in [0.15, 0.2) is 11.6 Å². The monoisotopic (exact) mass is 473 g/mol. The largest absolute Gasteiger partial charge is 0.495 e. The third-order valence-corrected chi connectivity index (χ3v) is 6.50. The van der Waals surface area contributed by atoms with Crippen molar-refractivity contribution < 1.29 is 19.0 Å². The zero-order valence-corrected chi connectivity index (χ0v) is 20.5. The van der Waals surface area contributed by atoms with Crippen molar-refractivity contribution in [3.8, 4) is 11.8 Å². The van der Waals surface area contributed by atoms with Crippen LogP contribution in [0.5, 0.6) is 5.75 Å². The molecule has 1 fully saturated rings. The molecule has 35 heavy (non-hydrogen) atoms. The van der Waals surface area contributed by atoms with E-state index in [4.69, 9.17) is 19.2 Å². The Morgan fingerprint density at radius 3 is 2.74 bits per heavy atom. The molecule has 0 atom stereocenters. The minimum Gasteiger partial charge on any atom is -0.495 e. The number of ether oxygens (including phenoxy) is 3. The summed E-state index contributed by atoms with van der Waals surface area (Å²) in [5.74, 6) is 1.73. The van der Waals surface area contributed by atoms with Gasteiger partial charge in [0.05, 0.1) is 37.6 Å². The molecule has 0 spiro atoms. The number of fused-ring (bicyclic) bond motifs is 1. The number of nitriles is 1. The maximum Gasteiger partial charge on any atom is 0.309 e. The molecule has 0 radical (unpaired) electrons. The molecule has 4 rings (SSSR count). The normalized spacial score (nSPS) is 17.9. The summed E-state index contributed by atoms with van der Waals surface area (Å²) < 4.78 is 16.6. The zero-order valence-electron chi connectivity index (χ0n) is 20.5. The standard InChI is InChI=1S/C28H31N3O4/c1-4-5-6-7-8-26(32)35-19-28(14-15-28)25-13-16-31-22(11-12-23(33-2)27(31)30-25)20-9-10-21(18-29)24(17-20)34-3/h6-7,9-13,17H,4-5,8,14-16,19H2,1-3H3/b7-6+. The van der Waals surface area contributed by atoms with Crippen LogP contribution >= 0.6 is 0 Å². The number of benzene rings is 1. The number of methoxy groups -OCH3 is 2. The molecule has 182 valence electrons. The van der Waals surface area contributed by atoms with E-state index >= 15 is 0 Å². The minimum atomic E-state index is -0.222. The number of hydrogen-bond acceptors (Lipinski definition) is 7. The van der Waals surface area contributed by atoms with Gasteiger partial charge in [-0.15, -0.1) is 0 Å². The number of carbonyl (C=O) groups excluding carboxylic acids is 1. The van der Waals surface area contributed by atoms with Crippen molar-refractivity contribution in [2.75, 3.05) is 27.4 Å². The van der Waals surface area contributed by atoms with Crippen molar-refractivity contribution in [3.63, 3.8) is 0 Å². The first-order valence-corrected chi connectivity index (χ1v) is 12.0. The van der Waals surface area contributed by atoms with E-state index in [1.54, 1.807) is 20.3 Å². The van der Waals surface area contributed by atoms with Crippen LogP contribution in [0.1, 0.15) is 50.2 Å². The summed E-state index contributed by atoms with van der Waals surface area (Å²) in [7, 11) is 3.19. The molecular formula is C28H31N3O4. The van der Waals surface area contributed by atoms with E-state index < -0.39 is 0 Å². The zero-order chi connectivity index (χ0) is 24.8. The number of amidine groups is 1. The average molecular weight is 474 g/mol. The highest BCUT2D eigenvalue weighted by atomic mass is 16.5. The molecular weight excluding hydrogens is 442 g/mol. The van der Waals surface area contributed by atoms with Crippen molar-refractivity contribution in [2.24, 2.45) is 10.4 Å². The van der Waals surface area contributed by atoms with E-state index in [9.17, 15) is 10.1 Å². The molecule has 2 aliphatic heterocycles. The molecule has 1 aliphatic carbocycles. The molecule has 0 N–H and O–H groups in total. The van der Waals surface area contributed by atoms with E-state index in [-0.39, 0.29) is 11.4 Å². The van der Waals surface area contributed by atoms with Gasteiger partial charge in [-0.25, -0.2) is 4.99 Å². The Morgan fingerprint density at radius 2 is 2.06 bits per heavy atom. The topological polar surface area (TPSA) is 84.2 Å². The lowest BCUT2D eigenvalue weighted by Crippen LogP contribution is -2.37. The number of nitrogens with zero attached hydrogens (tertiary/aromatic N) is 3. The van der Waals surface area contributed by atoms with Crippen LogP contribution in [0.3, 0.4) is 0 Å². The number of aliphatic imine (C=N–C) groups is 1. The highest BCUT2D eigenvalue weighted by Gasteiger charge is 2.49. The number of hydrogen-bond donors (Lipinski definition) is 0. The number of allylic oxidation sites excluding steroid dienone is 3. The van der Waals surface area contributed by atoms with Crippen LogP contribution in [0, 0.1) is 16.7 Å². The Labute approximate surface area is 206 Å². The van der Waals surface area contributed by atoms with E-state index in [0.717, 1.165) is 48.5 Å². The molecule has 0 amide bonds. The molecule has 1 saturated carbocycles. The predicted octanol–water partition coefficient (Wildman–Crippen LogP) is 5.12. The molecule has 0 unspecified atom stereocenters. The molecule has 0 aromatic heterocycles. The van der Waals surface area contributed by atoms with Gasteiger partial charge in [0.1, 0.15) is 18.4 Å². The third kappa shape index (κ3) is 5.17. The van der Waals surface area contributed by atoms with Crippen LogP contribution in [0.25, 0.3) is 5.70 Å². The highest BCUT2D eigenvalue weighted by Crippen LogP contribution is 2.53. The van der Waals surface area contributed by atoms with Gasteiger partial charge < -0.3 is 19.1 Å². The smallest absolute Gasteiger partial charge is 0.309 e. The summed E-state index contributed by atoms with van der Waals surface area (Å²) in [5, 5.41) is 9.32. The van der Waals surface area contributed by atoms with Gasteiger partial charge in [-0.1, -0.05) is 31.6 Å². The van der Waals surface area contributed by atoms with Crippen molar-refractivity contribution in [1.82, 2.24) is 4.90 Å². The Hall–Kier alpha value is -3.79. The lowest BCUT2D eigenvalue weighted by atomic mass is 9.99. The fourth-order valence-corrected chi connectivity index (χ4v) is 4.26. The van der Waals surface area contributed by atoms with Gasteiger partial charge in [0.25, 0.3) is 0 Å². The third-order valence-electron chi connectivity index (χ3n) is 6.50. The van der Waals surface area contributed by atoms with Gasteiger partial charge in [0, 0.05) is 17.5 Å². The maximum absolute atomic E-state index is 12.2. The van der Waals surface area contributed by atoms with E-state index in [2.05, 4.69) is 24.0 Å². The van der Waals surface area contributed by atoms with Gasteiger partial charge in [-0.3, -0.25) is 4.79 Å². The highest BCUT2D eigenvalue weighted by molar-refractivity contribution is 6.05. The van der Waals surface area contributed by atoms with Crippen LogP contribution in [0.15, 0.2) is 65.0 Å². The molecule has 1 aromatic carbocycles. The number of carbonyl (C=O) groups is 1. The molecule has 7 nitrogen and oxygen atoms in total. The predicted molar refractivity (Wildman–Crippen MR) is 134 cm³/mol. The number of esters is 1.